The van der Waals surface area contributed by atoms with E-state index in [1.807, 2.05) is 0 Å². The van der Waals surface area contributed by atoms with Crippen LogP contribution in [0.1, 0.15) is 278 Å². The van der Waals surface area contributed by atoms with Gasteiger partial charge in [-0.1, -0.05) is 223 Å². The zero-order valence-electron chi connectivity index (χ0n) is 47.8. The summed E-state index contributed by atoms with van der Waals surface area (Å²) in [6, 6.07) is 0. The van der Waals surface area contributed by atoms with Gasteiger partial charge in [-0.25, -0.2) is 4.79 Å². The van der Waals surface area contributed by atoms with Gasteiger partial charge < -0.3 is 39.0 Å². The minimum Gasteiger partial charge on any atom is -0.479 e. The molecule has 3 N–H and O–H groups in total. The Hall–Kier alpha value is -3.32. The summed E-state index contributed by atoms with van der Waals surface area (Å²) in [6.07, 6.45) is 49.3. The maximum absolute atomic E-state index is 13.1. The minimum atomic E-state index is -1.91. The van der Waals surface area contributed by atoms with Crippen LogP contribution < -0.4 is 0 Å². The molecular formula is C63H110O12. The van der Waals surface area contributed by atoms with Crippen molar-refractivity contribution < 1.29 is 58.2 Å². The van der Waals surface area contributed by atoms with E-state index in [9.17, 15) is 34.5 Å². The third kappa shape index (κ3) is 41.5. The number of hydrogen-bond acceptors (Lipinski definition) is 11. The second kappa shape index (κ2) is 51.4. The maximum Gasteiger partial charge on any atom is 0.335 e. The minimum absolute atomic E-state index is 0.0460. The Labute approximate surface area is 456 Å². The number of esters is 3. The van der Waals surface area contributed by atoms with E-state index in [2.05, 4.69) is 69.4 Å². The Morgan fingerprint density at radius 2 is 0.800 bits per heavy atom. The smallest absolute Gasteiger partial charge is 0.335 e. The largest absolute Gasteiger partial charge is 0.479 e. The SMILES string of the molecule is CCCCC/C=C\C/C=C\CCCCCCCCCCCC(=O)OCC(COC1OC(C(=O)O)C(O)C(O)C1OC(=O)CCCCCCC/C=C\C/C=C\CCCCC)OC(=O)CCCCCCCCCCCCC. The number of unbranched alkanes of at least 4 members (excludes halogenated alkanes) is 30. The molecule has 0 spiro atoms. The standard InChI is InChI=1S/C63H110O12/c1-4-7-10-13-16-19-22-24-26-27-28-29-31-32-35-37-40-43-46-49-55(64)71-52-54(73-56(65)50-47-44-41-38-34-21-18-15-12-9-6-3)53-72-63-61(59(68)58(67)60(75-63)62(69)70)74-57(66)51-48-45-42-39-36-33-30-25-23-20-17-14-11-8-5-2/h16-17,19-20,24-26,30,54,58-61,63,67-68H,4-15,18,21-23,27-29,31-53H2,1-3H3,(H,69,70)/b19-16-,20-17-,26-24-,30-25-. The van der Waals surface area contributed by atoms with Crippen LogP contribution in [0.2, 0.25) is 0 Å². The molecule has 0 saturated carbocycles. The zero-order valence-corrected chi connectivity index (χ0v) is 47.8. The number of aliphatic carboxylic acids is 1. The number of ether oxygens (including phenoxy) is 5. The van der Waals surface area contributed by atoms with Crippen LogP contribution in [0.3, 0.4) is 0 Å². The Morgan fingerprint density at radius 3 is 1.23 bits per heavy atom. The molecule has 6 atom stereocenters. The van der Waals surface area contributed by atoms with E-state index in [1.165, 1.54) is 122 Å². The number of carbonyl (C=O) groups excluding carboxylic acids is 3. The molecule has 1 heterocycles. The van der Waals surface area contributed by atoms with Gasteiger partial charge in [0.25, 0.3) is 0 Å². The van der Waals surface area contributed by atoms with Crippen molar-refractivity contribution in [3.05, 3.63) is 48.6 Å². The molecule has 0 aromatic carbocycles. The van der Waals surface area contributed by atoms with Gasteiger partial charge in [0.05, 0.1) is 6.61 Å². The van der Waals surface area contributed by atoms with Gasteiger partial charge in [0.15, 0.2) is 24.6 Å². The molecule has 0 aromatic heterocycles. The summed E-state index contributed by atoms with van der Waals surface area (Å²) in [7, 11) is 0. The fourth-order valence-corrected chi connectivity index (χ4v) is 9.13. The van der Waals surface area contributed by atoms with E-state index in [0.717, 1.165) is 96.3 Å². The van der Waals surface area contributed by atoms with E-state index in [1.54, 1.807) is 0 Å². The number of carboxylic acids is 1. The molecule has 0 amide bonds. The molecule has 0 radical (unpaired) electrons. The lowest BCUT2D eigenvalue weighted by Crippen LogP contribution is -2.61. The van der Waals surface area contributed by atoms with Crippen LogP contribution in [-0.4, -0.2) is 89.2 Å². The molecule has 434 valence electrons. The number of allylic oxidation sites excluding steroid dienone is 8. The lowest BCUT2D eigenvalue weighted by atomic mass is 9.98. The van der Waals surface area contributed by atoms with Gasteiger partial charge in [0.1, 0.15) is 18.8 Å². The molecule has 1 saturated heterocycles. The molecule has 1 aliphatic heterocycles. The molecular weight excluding hydrogens is 949 g/mol. The first kappa shape index (κ1) is 69.7. The highest BCUT2D eigenvalue weighted by Gasteiger charge is 2.50. The second-order valence-corrected chi connectivity index (χ2v) is 21.0. The molecule has 0 bridgehead atoms. The maximum atomic E-state index is 13.1. The van der Waals surface area contributed by atoms with Gasteiger partial charge in [-0.2, -0.15) is 0 Å². The predicted molar refractivity (Wildman–Crippen MR) is 303 cm³/mol. The molecule has 12 nitrogen and oxygen atoms in total. The molecule has 1 fully saturated rings. The van der Waals surface area contributed by atoms with Crippen molar-refractivity contribution in [2.75, 3.05) is 13.2 Å². The Bertz CT molecular complexity index is 1490. The van der Waals surface area contributed by atoms with Crippen molar-refractivity contribution in [2.45, 2.75) is 314 Å². The van der Waals surface area contributed by atoms with Gasteiger partial charge in [-0.05, 0) is 83.5 Å². The highest BCUT2D eigenvalue weighted by atomic mass is 16.7. The average Bonchev–Trinajstić information content (AvgIpc) is 3.39. The third-order valence-electron chi connectivity index (χ3n) is 13.9. The fraction of sp³-hybridized carbons (Fsp3) is 0.810. The Balaban J connectivity index is 2.65. The first-order chi connectivity index (χ1) is 36.6. The number of aliphatic hydroxyl groups is 2. The Kier molecular flexibility index (Phi) is 47.8. The normalized spacial score (nSPS) is 18.4. The molecule has 0 aromatic rings. The van der Waals surface area contributed by atoms with Gasteiger partial charge in [0, 0.05) is 19.3 Å². The van der Waals surface area contributed by atoms with Crippen LogP contribution in [0.15, 0.2) is 48.6 Å². The monoisotopic (exact) mass is 1060 g/mol. The van der Waals surface area contributed by atoms with Crippen LogP contribution >= 0.6 is 0 Å². The van der Waals surface area contributed by atoms with Crippen LogP contribution in [0.4, 0.5) is 0 Å². The van der Waals surface area contributed by atoms with E-state index < -0.39 is 67.3 Å². The summed E-state index contributed by atoms with van der Waals surface area (Å²) in [4.78, 5) is 51.1. The van der Waals surface area contributed by atoms with Crippen LogP contribution in [0.5, 0.6) is 0 Å². The van der Waals surface area contributed by atoms with E-state index in [-0.39, 0.29) is 25.9 Å². The molecule has 6 unspecified atom stereocenters. The first-order valence-electron chi connectivity index (χ1n) is 30.6. The number of carbonyl (C=O) groups is 4. The summed E-state index contributed by atoms with van der Waals surface area (Å²) in [5.41, 5.74) is 0. The van der Waals surface area contributed by atoms with Crippen molar-refractivity contribution in [3.8, 4) is 0 Å². The van der Waals surface area contributed by atoms with Gasteiger partial charge >= 0.3 is 23.9 Å². The summed E-state index contributed by atoms with van der Waals surface area (Å²) >= 11 is 0. The van der Waals surface area contributed by atoms with Crippen molar-refractivity contribution in [1.82, 2.24) is 0 Å². The zero-order chi connectivity index (χ0) is 54.7. The highest BCUT2D eigenvalue weighted by molar-refractivity contribution is 5.74. The molecule has 0 aliphatic carbocycles. The molecule has 12 heteroatoms. The molecule has 1 aliphatic rings. The predicted octanol–water partition coefficient (Wildman–Crippen LogP) is 15.8. The summed E-state index contributed by atoms with van der Waals surface area (Å²) in [5.74, 6) is -3.12. The van der Waals surface area contributed by atoms with Crippen LogP contribution in [0, 0.1) is 0 Å². The molecule has 1 rings (SSSR count). The highest BCUT2D eigenvalue weighted by Crippen LogP contribution is 2.26. The van der Waals surface area contributed by atoms with Crippen LogP contribution in [0.25, 0.3) is 0 Å². The van der Waals surface area contributed by atoms with Crippen molar-refractivity contribution >= 4 is 23.9 Å². The lowest BCUT2D eigenvalue weighted by molar-refractivity contribution is -0.301. The number of rotatable bonds is 52. The van der Waals surface area contributed by atoms with Crippen molar-refractivity contribution in [3.63, 3.8) is 0 Å². The van der Waals surface area contributed by atoms with Gasteiger partial charge in [0.2, 0.25) is 0 Å². The van der Waals surface area contributed by atoms with Crippen molar-refractivity contribution in [1.29, 1.82) is 0 Å². The number of carboxylic acid groups (broad SMARTS) is 1. The Morgan fingerprint density at radius 1 is 0.440 bits per heavy atom. The van der Waals surface area contributed by atoms with Gasteiger partial charge in [-0.3, -0.25) is 14.4 Å². The summed E-state index contributed by atoms with van der Waals surface area (Å²) in [6.45, 7) is 5.94. The average molecular weight is 1060 g/mol. The number of aliphatic hydroxyl groups excluding tert-OH is 2. The first-order valence-corrected chi connectivity index (χ1v) is 30.6. The fourth-order valence-electron chi connectivity index (χ4n) is 9.13. The van der Waals surface area contributed by atoms with Crippen LogP contribution in [-0.2, 0) is 42.9 Å². The second-order valence-electron chi connectivity index (χ2n) is 21.0. The van der Waals surface area contributed by atoms with Crippen molar-refractivity contribution in [2.24, 2.45) is 0 Å². The summed E-state index contributed by atoms with van der Waals surface area (Å²) < 4.78 is 28.4. The molecule has 75 heavy (non-hydrogen) atoms. The van der Waals surface area contributed by atoms with Gasteiger partial charge in [-0.15, -0.1) is 0 Å². The van der Waals surface area contributed by atoms with E-state index in [4.69, 9.17) is 23.7 Å². The third-order valence-corrected chi connectivity index (χ3v) is 13.9. The topological polar surface area (TPSA) is 175 Å². The summed E-state index contributed by atoms with van der Waals surface area (Å²) in [5, 5.41) is 31.5. The number of hydrogen-bond donors (Lipinski definition) is 3. The van der Waals surface area contributed by atoms with E-state index >= 15 is 0 Å². The lowest BCUT2D eigenvalue weighted by Gasteiger charge is -2.40. The van der Waals surface area contributed by atoms with E-state index in [0.29, 0.717) is 19.3 Å². The quantitative estimate of drug-likeness (QED) is 0.0228.